The summed E-state index contributed by atoms with van der Waals surface area (Å²) >= 11 is 0. The normalized spacial score (nSPS) is 10.2. The van der Waals surface area contributed by atoms with Gasteiger partial charge in [0.2, 0.25) is 0 Å². The van der Waals surface area contributed by atoms with Gasteiger partial charge in [0.15, 0.2) is 11.6 Å². The monoisotopic (exact) mass is 423 g/mol. The third kappa shape index (κ3) is 6.36. The average Bonchev–Trinajstić information content (AvgIpc) is 2.71. The van der Waals surface area contributed by atoms with Crippen LogP contribution in [0.2, 0.25) is 0 Å². The van der Waals surface area contributed by atoms with E-state index in [1.54, 1.807) is 0 Å². The smallest absolute Gasteiger partial charge is 0.336 e. The molecule has 0 amide bonds. The van der Waals surface area contributed by atoms with E-state index in [4.69, 9.17) is 9.47 Å². The van der Waals surface area contributed by atoms with E-state index in [1.165, 1.54) is 0 Å². The molecule has 1 rings (SSSR count). The maximum atomic E-state index is 12.6. The van der Waals surface area contributed by atoms with Crippen molar-refractivity contribution in [3.05, 3.63) is 56.8 Å². The molecule has 0 aliphatic rings. The Hall–Kier alpha value is -3.83. The Bertz CT molecular complexity index is 978. The Morgan fingerprint density at radius 2 is 1.13 bits per heavy atom. The summed E-state index contributed by atoms with van der Waals surface area (Å²) in [4.78, 5) is 82.7. The molecule has 0 spiro atoms. The molecule has 0 saturated carbocycles. The van der Waals surface area contributed by atoms with E-state index in [1.807, 2.05) is 0 Å². The summed E-state index contributed by atoms with van der Waals surface area (Å²) in [6.07, 6.45) is 1.35. The van der Waals surface area contributed by atoms with Crippen molar-refractivity contribution in [1.82, 2.24) is 13.7 Å². The van der Waals surface area contributed by atoms with E-state index in [-0.39, 0.29) is 26.3 Å². The van der Waals surface area contributed by atoms with Gasteiger partial charge in [0.25, 0.3) is 0 Å². The fourth-order valence-corrected chi connectivity index (χ4v) is 2.24. The number of ether oxygens (including phenoxy) is 2. The number of ketones is 2. The van der Waals surface area contributed by atoms with Gasteiger partial charge in [-0.25, -0.2) is 37.7 Å². The van der Waals surface area contributed by atoms with E-state index in [0.717, 1.165) is 19.1 Å². The highest BCUT2D eigenvalue weighted by molar-refractivity contribution is 6.36. The summed E-state index contributed by atoms with van der Waals surface area (Å²) in [7, 11) is 0. The SMILES string of the molecule is C=CC(=O)OCCn1c(=O)n(CCOC(=O)C=C)c(=O)n(CCC(=O)C(C)=O)c1=O. The Labute approximate surface area is 169 Å². The van der Waals surface area contributed by atoms with Gasteiger partial charge >= 0.3 is 29.0 Å². The summed E-state index contributed by atoms with van der Waals surface area (Å²) in [5.74, 6) is -3.10. The zero-order chi connectivity index (χ0) is 22.8. The number of carbonyl (C=O) groups is 4. The molecule has 0 saturated heterocycles. The number of carbonyl (C=O) groups excluding carboxylic acids is 4. The second-order valence-corrected chi connectivity index (χ2v) is 5.78. The first-order chi connectivity index (χ1) is 14.1. The molecule has 0 radical (unpaired) electrons. The van der Waals surface area contributed by atoms with Gasteiger partial charge in [0.05, 0.1) is 13.1 Å². The van der Waals surface area contributed by atoms with Crippen LogP contribution in [-0.2, 0) is 48.3 Å². The number of nitrogens with zero attached hydrogens (tertiary/aromatic N) is 3. The van der Waals surface area contributed by atoms with Crippen LogP contribution < -0.4 is 17.1 Å². The lowest BCUT2D eigenvalue weighted by Gasteiger charge is -2.13. The molecule has 0 aliphatic carbocycles. The number of hydrogen-bond acceptors (Lipinski definition) is 9. The summed E-state index contributed by atoms with van der Waals surface area (Å²) in [5, 5.41) is 0. The summed E-state index contributed by atoms with van der Waals surface area (Å²) in [6, 6.07) is 0. The number of esters is 2. The van der Waals surface area contributed by atoms with Gasteiger partial charge in [-0.2, -0.15) is 0 Å². The third-order valence-corrected chi connectivity index (χ3v) is 3.79. The van der Waals surface area contributed by atoms with Crippen LogP contribution in [0.5, 0.6) is 0 Å². The second kappa shape index (κ2) is 11.2. The Morgan fingerprint density at radius 3 is 1.47 bits per heavy atom. The van der Waals surface area contributed by atoms with Gasteiger partial charge in [0, 0.05) is 32.0 Å². The van der Waals surface area contributed by atoms with Crippen molar-refractivity contribution in [2.75, 3.05) is 13.2 Å². The molecule has 0 bridgehead atoms. The Morgan fingerprint density at radius 1 is 0.767 bits per heavy atom. The molecule has 30 heavy (non-hydrogen) atoms. The Kier molecular flexibility index (Phi) is 9.07. The van der Waals surface area contributed by atoms with Crippen LogP contribution in [0.1, 0.15) is 13.3 Å². The molecular formula is C18H21N3O9. The molecule has 0 atom stereocenters. The molecule has 162 valence electrons. The lowest BCUT2D eigenvalue weighted by Crippen LogP contribution is -2.55. The molecule has 0 aromatic carbocycles. The quantitative estimate of drug-likeness (QED) is 0.215. The van der Waals surface area contributed by atoms with E-state index in [0.29, 0.717) is 13.7 Å². The minimum atomic E-state index is -1.05. The molecule has 0 fully saturated rings. The van der Waals surface area contributed by atoms with Crippen LogP contribution in [0.3, 0.4) is 0 Å². The minimum Gasteiger partial charge on any atom is -0.461 e. The first-order valence-electron chi connectivity index (χ1n) is 8.70. The first kappa shape index (κ1) is 24.2. The van der Waals surface area contributed by atoms with E-state index in [9.17, 15) is 33.6 Å². The topological polar surface area (TPSA) is 153 Å². The van der Waals surface area contributed by atoms with Crippen molar-refractivity contribution in [2.24, 2.45) is 0 Å². The maximum Gasteiger partial charge on any atom is 0.336 e. The lowest BCUT2D eigenvalue weighted by molar-refractivity contribution is -0.138. The molecule has 1 aromatic rings. The summed E-state index contributed by atoms with van der Waals surface area (Å²) in [5.41, 5.74) is -3.12. The predicted molar refractivity (Wildman–Crippen MR) is 102 cm³/mol. The fourth-order valence-electron chi connectivity index (χ4n) is 2.24. The van der Waals surface area contributed by atoms with Gasteiger partial charge in [0.1, 0.15) is 13.2 Å². The molecule has 12 heteroatoms. The molecule has 0 unspecified atom stereocenters. The zero-order valence-corrected chi connectivity index (χ0v) is 16.3. The summed E-state index contributed by atoms with van der Waals surface area (Å²) in [6.45, 7) is 5.52. The predicted octanol–water partition coefficient (Wildman–Crippen LogP) is -1.82. The van der Waals surface area contributed by atoms with Crippen LogP contribution in [0.15, 0.2) is 39.7 Å². The molecule has 12 nitrogen and oxygen atoms in total. The Balaban J connectivity index is 3.31. The molecule has 1 heterocycles. The van der Waals surface area contributed by atoms with Gasteiger partial charge < -0.3 is 9.47 Å². The third-order valence-electron chi connectivity index (χ3n) is 3.79. The molecular weight excluding hydrogens is 402 g/mol. The lowest BCUT2D eigenvalue weighted by atomic mass is 10.2. The van der Waals surface area contributed by atoms with Crippen molar-refractivity contribution in [1.29, 1.82) is 0 Å². The van der Waals surface area contributed by atoms with Crippen molar-refractivity contribution < 1.29 is 28.7 Å². The largest absolute Gasteiger partial charge is 0.461 e. The van der Waals surface area contributed by atoms with Gasteiger partial charge in [-0.15, -0.1) is 0 Å². The number of Topliss-reactive ketones (excluding diaryl/α,β-unsaturated/α-hetero) is 2. The van der Waals surface area contributed by atoms with Crippen LogP contribution in [0.25, 0.3) is 0 Å². The highest BCUT2D eigenvalue weighted by Crippen LogP contribution is 1.89. The summed E-state index contributed by atoms with van der Waals surface area (Å²) < 4.78 is 11.3. The number of hydrogen-bond donors (Lipinski definition) is 0. The van der Waals surface area contributed by atoms with E-state index < -0.39 is 53.5 Å². The number of rotatable bonds is 12. The van der Waals surface area contributed by atoms with E-state index in [2.05, 4.69) is 13.2 Å². The van der Waals surface area contributed by atoms with Gasteiger partial charge in [-0.1, -0.05) is 13.2 Å². The van der Waals surface area contributed by atoms with E-state index >= 15 is 0 Å². The molecule has 0 N–H and O–H groups in total. The maximum absolute atomic E-state index is 12.6. The zero-order valence-electron chi connectivity index (χ0n) is 16.3. The standard InChI is InChI=1S/C18H21N3O9/c1-4-14(24)29-10-8-20-16(26)19(7-6-13(23)12(3)22)17(27)21(18(20)28)9-11-30-15(25)5-2/h4-5H,1-2,6-11H2,3H3. The first-order valence-corrected chi connectivity index (χ1v) is 8.70. The van der Waals surface area contributed by atoms with Gasteiger partial charge in [-0.3, -0.25) is 9.59 Å². The highest BCUT2D eigenvalue weighted by atomic mass is 16.5. The van der Waals surface area contributed by atoms with Crippen LogP contribution in [0, 0.1) is 0 Å². The van der Waals surface area contributed by atoms with Crippen LogP contribution >= 0.6 is 0 Å². The minimum absolute atomic E-state index is 0.365. The van der Waals surface area contributed by atoms with Crippen molar-refractivity contribution in [3.8, 4) is 0 Å². The molecule has 1 aromatic heterocycles. The average molecular weight is 423 g/mol. The fraction of sp³-hybridized carbons (Fsp3) is 0.389. The number of aromatic nitrogens is 3. The highest BCUT2D eigenvalue weighted by Gasteiger charge is 2.18. The van der Waals surface area contributed by atoms with Crippen molar-refractivity contribution in [2.45, 2.75) is 33.0 Å². The second-order valence-electron chi connectivity index (χ2n) is 5.78. The van der Waals surface area contributed by atoms with Crippen molar-refractivity contribution in [3.63, 3.8) is 0 Å². The van der Waals surface area contributed by atoms with Gasteiger partial charge in [-0.05, 0) is 0 Å². The van der Waals surface area contributed by atoms with Crippen molar-refractivity contribution >= 4 is 23.5 Å². The molecule has 0 aliphatic heterocycles. The van der Waals surface area contributed by atoms with Crippen LogP contribution in [0.4, 0.5) is 0 Å². The van der Waals surface area contributed by atoms with Crippen LogP contribution in [-0.4, -0.2) is 50.4 Å².